The lowest BCUT2D eigenvalue weighted by Crippen LogP contribution is -2.58. The van der Waals surface area contributed by atoms with E-state index in [2.05, 4.69) is 108 Å². The van der Waals surface area contributed by atoms with Crippen LogP contribution in [0.15, 0.2) is 106 Å². The zero-order valence-electron chi connectivity index (χ0n) is 24.9. The number of benzene rings is 4. The second-order valence-electron chi connectivity index (χ2n) is 13.2. The summed E-state index contributed by atoms with van der Waals surface area (Å²) in [5.74, 6) is 4.01. The number of rotatable bonds is 8. The van der Waals surface area contributed by atoms with E-state index in [0.29, 0.717) is 24.2 Å². The van der Waals surface area contributed by atoms with Crippen molar-refractivity contribution < 1.29 is 19.0 Å². The van der Waals surface area contributed by atoms with Crippen LogP contribution in [0.5, 0.6) is 11.5 Å². The lowest BCUT2D eigenvalue weighted by Gasteiger charge is -2.59. The summed E-state index contributed by atoms with van der Waals surface area (Å²) in [6, 6.07) is 32.1. The van der Waals surface area contributed by atoms with E-state index in [1.54, 1.807) is 0 Å². The average Bonchev–Trinajstić information content (AvgIpc) is 3.37. The smallest absolute Gasteiger partial charge is 0.344 e. The molecule has 1 aliphatic heterocycles. The molecule has 0 saturated heterocycles. The highest BCUT2D eigenvalue weighted by Gasteiger charge is 2.57. The van der Waals surface area contributed by atoms with Crippen LogP contribution in [0, 0.1) is 27.2 Å². The van der Waals surface area contributed by atoms with Crippen molar-refractivity contribution in [2.75, 3.05) is 6.61 Å². The molecule has 5 aliphatic rings. The number of halogens is 1. The fraction of sp³-hybridized carbons (Fsp3) is 0.342. The molecule has 0 amide bonds. The average molecular weight is 717 g/mol. The molecule has 4 saturated carbocycles. The lowest BCUT2D eigenvalue weighted by atomic mass is 9.50. The predicted octanol–water partition coefficient (Wildman–Crippen LogP) is 9.47. The quantitative estimate of drug-likeness (QED) is 0.0988. The van der Waals surface area contributed by atoms with Crippen molar-refractivity contribution in [2.45, 2.75) is 65.9 Å². The van der Waals surface area contributed by atoms with Crippen molar-refractivity contribution in [1.29, 1.82) is 0 Å². The van der Waals surface area contributed by atoms with Crippen LogP contribution in [0.25, 0.3) is 11.1 Å². The summed E-state index contributed by atoms with van der Waals surface area (Å²) >= 11 is 2.27. The molecule has 0 atom stereocenters. The van der Waals surface area contributed by atoms with Gasteiger partial charge < -0.3 is 14.2 Å². The van der Waals surface area contributed by atoms with Gasteiger partial charge in [0.15, 0.2) is 6.61 Å². The van der Waals surface area contributed by atoms with Crippen LogP contribution in [-0.2, 0) is 16.1 Å². The van der Waals surface area contributed by atoms with Crippen molar-refractivity contribution in [2.24, 2.45) is 23.7 Å². The molecule has 4 fully saturated rings. The molecule has 0 N–H and O–H groups in total. The molecule has 6 heteroatoms. The van der Waals surface area contributed by atoms with E-state index in [1.165, 1.54) is 57.9 Å². The minimum atomic E-state index is -0.568. The molecule has 4 nitrogen and oxygen atoms in total. The molecule has 226 valence electrons. The summed E-state index contributed by atoms with van der Waals surface area (Å²) in [5, 5.41) is 0. The first kappa shape index (κ1) is 28.5. The molecule has 0 aromatic heterocycles. The Morgan fingerprint density at radius 2 is 1.41 bits per heavy atom. The molecule has 4 aliphatic carbocycles. The molecule has 0 unspecified atom stereocenters. The lowest BCUT2D eigenvalue weighted by molar-refractivity contribution is -0.204. The third kappa shape index (κ3) is 5.12. The van der Waals surface area contributed by atoms with Crippen molar-refractivity contribution in [1.82, 2.24) is 0 Å². The van der Waals surface area contributed by atoms with Crippen LogP contribution in [0.4, 0.5) is 0 Å². The summed E-state index contributed by atoms with van der Waals surface area (Å²) in [6.45, 7) is 2.58. The van der Waals surface area contributed by atoms with Gasteiger partial charge in [-0.15, -0.1) is 0 Å². The van der Waals surface area contributed by atoms with E-state index in [1.807, 2.05) is 12.1 Å². The maximum Gasteiger partial charge on any atom is 0.344 e. The normalized spacial score (nSPS) is 26.6. The Balaban J connectivity index is 0.874. The van der Waals surface area contributed by atoms with E-state index >= 15 is 0 Å². The Morgan fingerprint density at radius 1 is 0.795 bits per heavy atom. The second-order valence-corrected chi connectivity index (χ2v) is 16.5. The minimum Gasteiger partial charge on any atom is -0.489 e. The molecule has 9 rings (SSSR count). The Morgan fingerprint density at radius 3 is 2.02 bits per heavy atom. The first-order valence-electron chi connectivity index (χ1n) is 15.8. The third-order valence-corrected chi connectivity index (χ3v) is 13.9. The summed E-state index contributed by atoms with van der Waals surface area (Å²) in [6.07, 6.45) is 6.25. The largest absolute Gasteiger partial charge is 0.489 e. The Bertz CT molecular complexity index is 1640. The van der Waals surface area contributed by atoms with Crippen molar-refractivity contribution in [3.63, 3.8) is 0 Å². The first-order chi connectivity index (χ1) is 21.4. The second kappa shape index (κ2) is 11.4. The maximum atomic E-state index is 12.9. The van der Waals surface area contributed by atoms with Crippen molar-refractivity contribution in [3.8, 4) is 22.6 Å². The summed E-state index contributed by atoms with van der Waals surface area (Å²) in [4.78, 5) is 17.1. The first-order valence-corrected chi connectivity index (χ1v) is 18.2. The number of carbonyl (C=O) groups is 1. The van der Waals surface area contributed by atoms with Crippen LogP contribution in [0.3, 0.4) is 0 Å². The van der Waals surface area contributed by atoms with Gasteiger partial charge in [0.2, 0.25) is 0 Å². The summed E-state index contributed by atoms with van der Waals surface area (Å²) in [5.41, 5.74) is 3.43. The molecule has 0 radical (unpaired) electrons. The van der Waals surface area contributed by atoms with Crippen LogP contribution in [0.1, 0.15) is 44.6 Å². The molecular formula is C38H37IO4S. The number of ether oxygens (including phenoxy) is 3. The van der Waals surface area contributed by atoms with Crippen molar-refractivity contribution in [3.05, 3.63) is 100 Å². The number of esters is 1. The number of hydrogen-bond acceptors (Lipinski definition) is 4. The van der Waals surface area contributed by atoms with Gasteiger partial charge in [0.1, 0.15) is 23.7 Å². The third-order valence-electron chi connectivity index (χ3n) is 10.5. The van der Waals surface area contributed by atoms with E-state index in [9.17, 15) is 4.79 Å². The molecular weight excluding hydrogens is 679 g/mol. The van der Waals surface area contributed by atoms with E-state index < -0.39 is 10.9 Å². The molecule has 4 bridgehead atoms. The standard InChI is InChI=1S/C38H37IO4S/c1-38(27-17-25-16-26(19-27)20-28(38)18-25)43-37(40)23-42-34-15-10-24(21-33(34)39)22-41-29-11-13-30(14-12-29)44-35-8-4-2-6-31(35)32-7-3-5-9-36(32)44/h2-15,21,25-28,44H,16-20,22-23H2,1H3. The van der Waals surface area contributed by atoms with Gasteiger partial charge in [0.25, 0.3) is 0 Å². The van der Waals surface area contributed by atoms with Gasteiger partial charge in [-0.05, 0) is 155 Å². The highest BCUT2D eigenvalue weighted by Crippen LogP contribution is 2.62. The summed E-state index contributed by atoms with van der Waals surface area (Å²) in [7, 11) is -0.568. The fourth-order valence-electron chi connectivity index (χ4n) is 8.51. The monoisotopic (exact) mass is 716 g/mol. The van der Waals surface area contributed by atoms with Crippen molar-refractivity contribution >= 4 is 39.5 Å². The van der Waals surface area contributed by atoms with Gasteiger partial charge in [0, 0.05) is 9.79 Å². The Kier molecular flexibility index (Phi) is 7.41. The summed E-state index contributed by atoms with van der Waals surface area (Å²) < 4.78 is 19.2. The van der Waals surface area contributed by atoms with Gasteiger partial charge in [-0.2, -0.15) is 10.9 Å². The zero-order chi connectivity index (χ0) is 29.8. The molecule has 1 heterocycles. The van der Waals surface area contributed by atoms with Crippen LogP contribution >= 0.6 is 33.5 Å². The van der Waals surface area contributed by atoms with E-state index in [4.69, 9.17) is 14.2 Å². The minimum absolute atomic E-state index is 0.0580. The fourth-order valence-corrected chi connectivity index (χ4v) is 11.8. The molecule has 44 heavy (non-hydrogen) atoms. The van der Waals surface area contributed by atoms with Crippen LogP contribution < -0.4 is 9.47 Å². The highest BCUT2D eigenvalue weighted by atomic mass is 127. The van der Waals surface area contributed by atoms with Gasteiger partial charge in [0.05, 0.1) is 3.57 Å². The van der Waals surface area contributed by atoms with E-state index in [0.717, 1.165) is 26.7 Å². The zero-order valence-corrected chi connectivity index (χ0v) is 27.9. The number of hydrogen-bond donors (Lipinski definition) is 1. The van der Waals surface area contributed by atoms with Crippen LogP contribution in [0.2, 0.25) is 0 Å². The van der Waals surface area contributed by atoms with Gasteiger partial charge in [-0.3, -0.25) is 0 Å². The Hall–Kier alpha value is -2.97. The SMILES string of the molecule is CC1(OC(=O)COc2ccc(COc3ccc([SH]4c5ccccc5-c5ccccc54)cc3)cc2I)C2CC3CC(C2)CC1C3. The number of fused-ring (bicyclic) bond motifs is 3. The molecule has 0 spiro atoms. The van der Waals surface area contributed by atoms with Gasteiger partial charge >= 0.3 is 5.97 Å². The van der Waals surface area contributed by atoms with E-state index in [-0.39, 0.29) is 18.2 Å². The Labute approximate surface area is 276 Å². The number of carbonyl (C=O) groups excluding carboxylic acids is 1. The maximum absolute atomic E-state index is 12.9. The molecule has 4 aromatic carbocycles. The predicted molar refractivity (Wildman–Crippen MR) is 183 cm³/mol. The van der Waals surface area contributed by atoms with Gasteiger partial charge in [-0.1, -0.05) is 42.5 Å². The van der Waals surface area contributed by atoms with Gasteiger partial charge in [-0.25, -0.2) is 4.79 Å². The molecule has 4 aromatic rings. The highest BCUT2D eigenvalue weighted by molar-refractivity contribution is 14.1. The van der Waals surface area contributed by atoms with Crippen LogP contribution in [-0.4, -0.2) is 18.2 Å². The number of thiol groups is 1. The topological polar surface area (TPSA) is 44.8 Å².